The van der Waals surface area contributed by atoms with Crippen LogP contribution in [0.15, 0.2) is 0 Å². The van der Waals surface area contributed by atoms with E-state index in [1.807, 2.05) is 46.7 Å². The molecule has 16 heteroatoms. The highest BCUT2D eigenvalue weighted by Crippen LogP contribution is 2.32. The Morgan fingerprint density at radius 1 is 0.917 bits per heavy atom. The van der Waals surface area contributed by atoms with E-state index >= 15 is 0 Å². The van der Waals surface area contributed by atoms with Gasteiger partial charge in [-0.25, -0.2) is 0 Å². The molecule has 4 unspecified atom stereocenters. The minimum atomic E-state index is -2.01. The third-order valence-corrected chi connectivity index (χ3v) is 12.1. The summed E-state index contributed by atoms with van der Waals surface area (Å²) in [6, 6.07) is -0.720. The van der Waals surface area contributed by atoms with Crippen LogP contribution in [0.3, 0.4) is 0 Å². The van der Waals surface area contributed by atoms with Gasteiger partial charge in [0, 0.05) is 25.0 Å². The Morgan fingerprint density at radius 2 is 1.55 bits per heavy atom. The number of amides is 1. The van der Waals surface area contributed by atoms with Crippen molar-refractivity contribution in [1.29, 1.82) is 0 Å². The van der Waals surface area contributed by atoms with Crippen LogP contribution in [0.25, 0.3) is 0 Å². The lowest BCUT2D eigenvalue weighted by molar-refractivity contribution is -0.269. The van der Waals surface area contributed by atoms with Crippen LogP contribution in [0, 0.1) is 29.6 Å². The second kappa shape index (κ2) is 24.5. The first-order valence-electron chi connectivity index (χ1n) is 22.3. The van der Waals surface area contributed by atoms with Crippen molar-refractivity contribution in [3.63, 3.8) is 0 Å². The van der Waals surface area contributed by atoms with Crippen LogP contribution in [0.2, 0.25) is 0 Å². The lowest BCUT2D eigenvalue weighted by Gasteiger charge is -2.42. The van der Waals surface area contributed by atoms with Crippen LogP contribution in [0.1, 0.15) is 116 Å². The molecule has 0 radical (unpaired) electrons. The molecule has 0 spiro atoms. The van der Waals surface area contributed by atoms with E-state index in [-0.39, 0.29) is 50.0 Å². The molecule has 2 aliphatic rings. The van der Waals surface area contributed by atoms with Gasteiger partial charge < -0.3 is 69.5 Å². The Morgan fingerprint density at radius 3 is 2.10 bits per heavy atom. The molecule has 2 aliphatic heterocycles. The first-order valence-corrected chi connectivity index (χ1v) is 22.3. The molecular formula is C44H85N3O13. The van der Waals surface area contributed by atoms with Gasteiger partial charge in [-0.05, 0) is 99.2 Å². The number of likely N-dealkylation sites (N-methyl/N-ethyl adjacent to an activating group) is 1. The normalized spacial score (nSPS) is 30.8. The van der Waals surface area contributed by atoms with Gasteiger partial charge in [0.1, 0.15) is 17.8 Å². The third-order valence-electron chi connectivity index (χ3n) is 12.1. The smallest absolute Gasteiger partial charge is 0.311 e. The van der Waals surface area contributed by atoms with E-state index in [0.717, 1.165) is 6.54 Å². The summed E-state index contributed by atoms with van der Waals surface area (Å²) in [5.41, 5.74) is -3.08. The second-order valence-electron chi connectivity index (χ2n) is 19.4. The zero-order valence-electron chi connectivity index (χ0n) is 39.4. The highest BCUT2D eigenvalue weighted by molar-refractivity contribution is 5.79. The minimum Gasteiger partial charge on any atom is -0.459 e. The van der Waals surface area contributed by atoms with Crippen LogP contribution < -0.4 is 10.6 Å². The molecule has 2 fully saturated rings. The highest BCUT2D eigenvalue weighted by atomic mass is 16.7. The summed E-state index contributed by atoms with van der Waals surface area (Å²) < 4.78 is 36.5. The Balaban J connectivity index is 2.14. The van der Waals surface area contributed by atoms with Crippen molar-refractivity contribution in [2.24, 2.45) is 29.6 Å². The lowest BCUT2D eigenvalue weighted by Crippen LogP contribution is -2.57. The summed E-state index contributed by atoms with van der Waals surface area (Å²) in [6.45, 7) is 24.5. The van der Waals surface area contributed by atoms with E-state index in [9.17, 15) is 35.1 Å². The van der Waals surface area contributed by atoms with Gasteiger partial charge in [-0.2, -0.15) is 0 Å². The van der Waals surface area contributed by atoms with Crippen molar-refractivity contribution in [3.8, 4) is 0 Å². The molecule has 1 amide bonds. The number of hydrogen-bond acceptors (Lipinski definition) is 15. The highest BCUT2D eigenvalue weighted by Gasteiger charge is 2.47. The Hall–Kier alpha value is -1.54. The summed E-state index contributed by atoms with van der Waals surface area (Å²) >= 11 is 0. The van der Waals surface area contributed by atoms with E-state index in [2.05, 4.69) is 24.5 Å². The standard InChI is InChI=1S/C44H85N3O13/c1-16-34(59-41(53)29(9)38(25(4)5)60-35-17-26(6)36(49)31(11)58-35)44(13,54)39(51)30(10)40(52)46-27(7)19-43(12,56-22-32(48)21-45-20-24(2)3)23-55-42-37(50)33(47(14)15)18-28(8)57-42/h24-39,42,45,48-51,54H,16-23H2,1-15H3,(H,46,52)/t26?,27-,28-,29-,30-,31+,32?,33+,34-,35?,36-,37-,38?,39-,42-,43-,44-/m1/s1. The first kappa shape index (κ1) is 54.6. The van der Waals surface area contributed by atoms with Gasteiger partial charge in [0.05, 0.1) is 67.3 Å². The fraction of sp³-hybridized carbons (Fsp3) is 0.955. The summed E-state index contributed by atoms with van der Waals surface area (Å²) in [5, 5.41) is 61.5. The monoisotopic (exact) mass is 864 g/mol. The van der Waals surface area contributed by atoms with E-state index in [0.29, 0.717) is 25.3 Å². The van der Waals surface area contributed by atoms with Crippen molar-refractivity contribution in [2.75, 3.05) is 40.4 Å². The molecule has 354 valence electrons. The van der Waals surface area contributed by atoms with Crippen LogP contribution in [0.5, 0.6) is 0 Å². The number of nitrogens with zero attached hydrogens (tertiary/aromatic N) is 1. The van der Waals surface area contributed by atoms with Crippen molar-refractivity contribution in [2.45, 2.75) is 200 Å². The maximum Gasteiger partial charge on any atom is 0.311 e. The predicted octanol–water partition coefficient (Wildman–Crippen LogP) is 2.58. The van der Waals surface area contributed by atoms with E-state index in [1.165, 1.54) is 13.8 Å². The molecule has 0 aromatic carbocycles. The number of nitrogens with one attached hydrogen (secondary N) is 2. The van der Waals surface area contributed by atoms with E-state index < -0.39 is 96.3 Å². The molecule has 16 nitrogen and oxygen atoms in total. The SMILES string of the molecule is CC[C@@H](OC(=O)[C@H](C)C(OC1CC(C)[C@@H](O)[C@H](C)O1)C(C)C)[C@@](C)(O)[C@H](O)[C@@H](C)C(=O)N[C@H](C)C[C@](C)(CO[C@@H]1O[C@H](C)C[C@H](N(C)C)[C@H]1O)OCC(O)CNCC(C)C. The number of aliphatic hydroxyl groups is 5. The lowest BCUT2D eigenvalue weighted by atomic mass is 9.83. The molecule has 2 heterocycles. The average Bonchev–Trinajstić information content (AvgIpc) is 3.15. The zero-order chi connectivity index (χ0) is 45.9. The number of hydrogen-bond donors (Lipinski definition) is 7. The van der Waals surface area contributed by atoms with Crippen LogP contribution in [0.4, 0.5) is 0 Å². The van der Waals surface area contributed by atoms with Gasteiger partial charge in [-0.3, -0.25) is 9.59 Å². The Bertz CT molecular complexity index is 1260. The van der Waals surface area contributed by atoms with Gasteiger partial charge in [0.2, 0.25) is 5.91 Å². The zero-order valence-corrected chi connectivity index (χ0v) is 39.4. The topological polar surface area (TPSA) is 218 Å². The Kier molecular flexibility index (Phi) is 22.3. The van der Waals surface area contributed by atoms with Crippen LogP contribution in [-0.2, 0) is 38.0 Å². The molecule has 0 aromatic heterocycles. The quantitative estimate of drug-likeness (QED) is 0.0657. The number of rotatable bonds is 25. The van der Waals surface area contributed by atoms with Gasteiger partial charge in [0.15, 0.2) is 12.6 Å². The van der Waals surface area contributed by atoms with E-state index in [4.69, 9.17) is 28.4 Å². The fourth-order valence-corrected chi connectivity index (χ4v) is 8.30. The predicted molar refractivity (Wildman–Crippen MR) is 228 cm³/mol. The van der Waals surface area contributed by atoms with Crippen molar-refractivity contribution < 1.29 is 63.5 Å². The van der Waals surface area contributed by atoms with Gasteiger partial charge in [-0.15, -0.1) is 0 Å². The Labute approximate surface area is 360 Å². The largest absolute Gasteiger partial charge is 0.459 e. The number of aliphatic hydroxyl groups excluding tert-OH is 4. The van der Waals surface area contributed by atoms with Gasteiger partial charge in [0.25, 0.3) is 0 Å². The summed E-state index contributed by atoms with van der Waals surface area (Å²) in [7, 11) is 3.79. The summed E-state index contributed by atoms with van der Waals surface area (Å²) in [5.74, 6) is -2.82. The van der Waals surface area contributed by atoms with Crippen molar-refractivity contribution in [1.82, 2.24) is 15.5 Å². The summed E-state index contributed by atoms with van der Waals surface area (Å²) in [6.07, 6.45) is -6.41. The van der Waals surface area contributed by atoms with Crippen LogP contribution in [-0.4, -0.2) is 167 Å². The number of ether oxygens (including phenoxy) is 6. The molecule has 7 N–H and O–H groups in total. The molecular weight excluding hydrogens is 778 g/mol. The molecule has 0 saturated carbocycles. The molecule has 60 heavy (non-hydrogen) atoms. The van der Waals surface area contributed by atoms with Crippen molar-refractivity contribution >= 4 is 11.9 Å². The molecule has 0 bridgehead atoms. The maximum absolute atomic E-state index is 13.7. The maximum atomic E-state index is 13.7. The van der Waals surface area contributed by atoms with E-state index in [1.54, 1.807) is 34.6 Å². The first-order chi connectivity index (χ1) is 27.7. The molecule has 0 aromatic rings. The second-order valence-corrected chi connectivity index (χ2v) is 19.4. The minimum absolute atomic E-state index is 0.0227. The summed E-state index contributed by atoms with van der Waals surface area (Å²) in [4.78, 5) is 29.3. The van der Waals surface area contributed by atoms with Crippen LogP contribution >= 0.6 is 0 Å². The molecule has 2 rings (SSSR count). The molecule has 17 atom stereocenters. The number of carbonyl (C=O) groups is 2. The fourth-order valence-electron chi connectivity index (χ4n) is 8.30. The average molecular weight is 864 g/mol. The van der Waals surface area contributed by atoms with Gasteiger partial charge in [-0.1, -0.05) is 48.5 Å². The number of esters is 1. The van der Waals surface area contributed by atoms with Gasteiger partial charge >= 0.3 is 5.97 Å². The molecule has 0 aliphatic carbocycles. The number of carbonyl (C=O) groups excluding carboxylic acids is 2. The third kappa shape index (κ3) is 16.2. The molecule has 2 saturated heterocycles. The van der Waals surface area contributed by atoms with Crippen molar-refractivity contribution in [3.05, 3.63) is 0 Å².